The number of benzene rings is 1. The summed E-state index contributed by atoms with van der Waals surface area (Å²) in [6.45, 7) is 1.00. The minimum atomic E-state index is 0.304. The van der Waals surface area contributed by atoms with E-state index in [1.54, 1.807) is 7.11 Å². The van der Waals surface area contributed by atoms with E-state index in [0.29, 0.717) is 11.4 Å². The molecule has 0 spiro atoms. The molecule has 82 valence electrons. The van der Waals surface area contributed by atoms with Crippen molar-refractivity contribution in [3.8, 4) is 5.75 Å². The number of alkyl halides is 1. The van der Waals surface area contributed by atoms with E-state index >= 15 is 0 Å². The second kappa shape index (κ2) is 4.86. The number of methoxy groups -OCH3 is 1. The summed E-state index contributed by atoms with van der Waals surface area (Å²) in [7, 11) is 1.68. The summed E-state index contributed by atoms with van der Waals surface area (Å²) in [6.07, 6.45) is 2.07. The van der Waals surface area contributed by atoms with Gasteiger partial charge >= 0.3 is 0 Å². The van der Waals surface area contributed by atoms with Crippen LogP contribution in [0.1, 0.15) is 24.4 Å². The van der Waals surface area contributed by atoms with Crippen LogP contribution in [-0.2, 0) is 0 Å². The minimum absolute atomic E-state index is 0.304. The average molecular weight is 226 g/mol. The van der Waals surface area contributed by atoms with Gasteiger partial charge in [0.25, 0.3) is 0 Å². The highest BCUT2D eigenvalue weighted by atomic mass is 35.5. The van der Waals surface area contributed by atoms with Crippen LogP contribution in [0.5, 0.6) is 5.75 Å². The van der Waals surface area contributed by atoms with Gasteiger partial charge in [0, 0.05) is 11.4 Å². The van der Waals surface area contributed by atoms with Gasteiger partial charge < -0.3 is 10.1 Å². The van der Waals surface area contributed by atoms with Crippen molar-refractivity contribution in [1.82, 2.24) is 5.32 Å². The zero-order valence-corrected chi connectivity index (χ0v) is 9.63. The third-order valence-corrected chi connectivity index (χ3v) is 3.25. The standard InChI is InChI=1S/C12H16ClNO/c1-15-11-4-2-9(3-5-11)12-8-10(13)6-7-14-12/h2-5,10,12,14H,6-8H2,1H3. The van der Waals surface area contributed by atoms with Crippen molar-refractivity contribution in [2.75, 3.05) is 13.7 Å². The Hall–Kier alpha value is -0.730. The minimum Gasteiger partial charge on any atom is -0.497 e. The van der Waals surface area contributed by atoms with Gasteiger partial charge in [-0.2, -0.15) is 0 Å². The predicted molar refractivity (Wildman–Crippen MR) is 62.6 cm³/mol. The first-order chi connectivity index (χ1) is 7.29. The van der Waals surface area contributed by atoms with Crippen LogP contribution in [-0.4, -0.2) is 19.0 Å². The van der Waals surface area contributed by atoms with Crippen LogP contribution in [0.4, 0.5) is 0 Å². The molecule has 15 heavy (non-hydrogen) atoms. The Kier molecular flexibility index (Phi) is 3.49. The molecule has 2 unspecified atom stereocenters. The molecule has 0 radical (unpaired) electrons. The van der Waals surface area contributed by atoms with Gasteiger partial charge in [0.2, 0.25) is 0 Å². The summed E-state index contributed by atoms with van der Waals surface area (Å²) in [4.78, 5) is 0. The molecule has 1 aliphatic heterocycles. The number of rotatable bonds is 2. The third kappa shape index (κ3) is 2.64. The van der Waals surface area contributed by atoms with E-state index in [2.05, 4.69) is 17.4 Å². The zero-order valence-electron chi connectivity index (χ0n) is 8.87. The van der Waals surface area contributed by atoms with Crippen LogP contribution in [0.2, 0.25) is 0 Å². The molecule has 1 N–H and O–H groups in total. The van der Waals surface area contributed by atoms with E-state index in [1.165, 1.54) is 5.56 Å². The Morgan fingerprint density at radius 2 is 2.07 bits per heavy atom. The quantitative estimate of drug-likeness (QED) is 0.782. The molecular weight excluding hydrogens is 210 g/mol. The maximum Gasteiger partial charge on any atom is 0.118 e. The second-order valence-electron chi connectivity index (χ2n) is 3.90. The van der Waals surface area contributed by atoms with Crippen LogP contribution >= 0.6 is 11.6 Å². The maximum absolute atomic E-state index is 6.16. The molecule has 1 aromatic rings. The Morgan fingerprint density at radius 3 is 2.67 bits per heavy atom. The SMILES string of the molecule is COc1ccc(C2CC(Cl)CCN2)cc1. The number of hydrogen-bond donors (Lipinski definition) is 1. The molecule has 2 rings (SSSR count). The van der Waals surface area contributed by atoms with E-state index < -0.39 is 0 Å². The first-order valence-corrected chi connectivity index (χ1v) is 5.74. The molecule has 0 aliphatic carbocycles. The van der Waals surface area contributed by atoms with Crippen molar-refractivity contribution in [3.05, 3.63) is 29.8 Å². The average Bonchev–Trinajstić information content (AvgIpc) is 2.29. The molecule has 1 heterocycles. The molecule has 1 aliphatic rings. The summed E-state index contributed by atoms with van der Waals surface area (Å²) >= 11 is 6.16. The van der Waals surface area contributed by atoms with Crippen LogP contribution in [0.25, 0.3) is 0 Å². The highest BCUT2D eigenvalue weighted by Crippen LogP contribution is 2.27. The van der Waals surface area contributed by atoms with Gasteiger partial charge in [0.1, 0.15) is 5.75 Å². The van der Waals surface area contributed by atoms with Crippen molar-refractivity contribution in [2.24, 2.45) is 0 Å². The summed E-state index contributed by atoms with van der Waals surface area (Å²) < 4.78 is 5.13. The van der Waals surface area contributed by atoms with E-state index in [9.17, 15) is 0 Å². The van der Waals surface area contributed by atoms with E-state index in [1.807, 2.05) is 12.1 Å². The Morgan fingerprint density at radius 1 is 1.33 bits per heavy atom. The normalized spacial score (nSPS) is 26.3. The summed E-state index contributed by atoms with van der Waals surface area (Å²) in [5, 5.41) is 3.78. The molecule has 3 heteroatoms. The Bertz CT molecular complexity index is 312. The predicted octanol–water partition coefficient (Wildman–Crippen LogP) is 2.73. The fourth-order valence-corrected chi connectivity index (χ4v) is 2.25. The third-order valence-electron chi connectivity index (χ3n) is 2.86. The number of halogens is 1. The van der Waals surface area contributed by atoms with Crippen molar-refractivity contribution < 1.29 is 4.74 Å². The fourth-order valence-electron chi connectivity index (χ4n) is 1.96. The molecule has 2 nitrogen and oxygen atoms in total. The van der Waals surface area contributed by atoms with Gasteiger partial charge in [-0.05, 0) is 37.1 Å². The first kappa shape index (κ1) is 10.8. The largest absolute Gasteiger partial charge is 0.497 e. The smallest absolute Gasteiger partial charge is 0.118 e. The van der Waals surface area contributed by atoms with E-state index in [4.69, 9.17) is 16.3 Å². The molecule has 2 atom stereocenters. The monoisotopic (exact) mass is 225 g/mol. The van der Waals surface area contributed by atoms with Gasteiger partial charge in [-0.1, -0.05) is 12.1 Å². The van der Waals surface area contributed by atoms with Gasteiger partial charge in [0.05, 0.1) is 7.11 Å². The Labute approximate surface area is 95.6 Å². The lowest BCUT2D eigenvalue weighted by atomic mass is 9.97. The molecule has 1 saturated heterocycles. The highest BCUT2D eigenvalue weighted by molar-refractivity contribution is 6.20. The summed E-state index contributed by atoms with van der Waals surface area (Å²) in [5.74, 6) is 0.900. The van der Waals surface area contributed by atoms with Crippen LogP contribution in [0, 0.1) is 0 Å². The first-order valence-electron chi connectivity index (χ1n) is 5.31. The number of piperidine rings is 1. The van der Waals surface area contributed by atoms with Crippen LogP contribution in [0.15, 0.2) is 24.3 Å². The molecule has 1 fully saturated rings. The van der Waals surface area contributed by atoms with Crippen molar-refractivity contribution in [2.45, 2.75) is 24.3 Å². The van der Waals surface area contributed by atoms with Crippen LogP contribution < -0.4 is 10.1 Å². The molecule has 0 bridgehead atoms. The van der Waals surface area contributed by atoms with E-state index in [0.717, 1.165) is 25.1 Å². The molecule has 0 aromatic heterocycles. The van der Waals surface area contributed by atoms with Gasteiger partial charge in [-0.15, -0.1) is 11.6 Å². The lowest BCUT2D eigenvalue weighted by Gasteiger charge is -2.27. The zero-order chi connectivity index (χ0) is 10.7. The van der Waals surface area contributed by atoms with Crippen molar-refractivity contribution in [1.29, 1.82) is 0 Å². The fraction of sp³-hybridized carbons (Fsp3) is 0.500. The summed E-state index contributed by atoms with van der Waals surface area (Å²) in [5.41, 5.74) is 1.29. The van der Waals surface area contributed by atoms with Gasteiger partial charge in [0.15, 0.2) is 0 Å². The Balaban J connectivity index is 2.07. The van der Waals surface area contributed by atoms with Crippen molar-refractivity contribution in [3.63, 3.8) is 0 Å². The molecule has 1 aromatic carbocycles. The van der Waals surface area contributed by atoms with Gasteiger partial charge in [-0.3, -0.25) is 0 Å². The van der Waals surface area contributed by atoms with Gasteiger partial charge in [-0.25, -0.2) is 0 Å². The lowest BCUT2D eigenvalue weighted by molar-refractivity contribution is 0.408. The van der Waals surface area contributed by atoms with Crippen LogP contribution in [0.3, 0.4) is 0 Å². The second-order valence-corrected chi connectivity index (χ2v) is 4.52. The maximum atomic E-state index is 6.16. The number of ether oxygens (including phenoxy) is 1. The molecule has 0 amide bonds. The summed E-state index contributed by atoms with van der Waals surface area (Å²) in [6, 6.07) is 8.59. The molecular formula is C12H16ClNO. The lowest BCUT2D eigenvalue weighted by Crippen LogP contribution is -2.32. The topological polar surface area (TPSA) is 21.3 Å². The van der Waals surface area contributed by atoms with Crippen molar-refractivity contribution >= 4 is 11.6 Å². The number of nitrogens with one attached hydrogen (secondary N) is 1. The highest BCUT2D eigenvalue weighted by Gasteiger charge is 2.20. The molecule has 0 saturated carbocycles. The number of hydrogen-bond acceptors (Lipinski definition) is 2. The van der Waals surface area contributed by atoms with E-state index in [-0.39, 0.29) is 0 Å².